The van der Waals surface area contributed by atoms with Crippen LogP contribution in [0.3, 0.4) is 0 Å². The molecule has 0 unspecified atom stereocenters. The molecular weight excluding hydrogens is 600 g/mol. The summed E-state index contributed by atoms with van der Waals surface area (Å²) in [6.07, 6.45) is -2.73. The van der Waals surface area contributed by atoms with E-state index in [-0.39, 0.29) is 48.5 Å². The molecule has 0 radical (unpaired) electrons. The molecule has 236 valence electrons. The first kappa shape index (κ1) is 33.9. The van der Waals surface area contributed by atoms with Crippen molar-refractivity contribution in [1.29, 1.82) is 0 Å². The predicted octanol–water partition coefficient (Wildman–Crippen LogP) is 2.49. The molecule has 2 fully saturated rings. The van der Waals surface area contributed by atoms with Crippen LogP contribution in [-0.2, 0) is 29.8 Å². The first-order valence-electron chi connectivity index (χ1n) is 13.1. The number of aliphatic carboxylic acids is 1. The van der Waals surface area contributed by atoms with Crippen molar-refractivity contribution in [2.24, 2.45) is 5.73 Å². The van der Waals surface area contributed by atoms with E-state index >= 15 is 0 Å². The number of nitrogens with two attached hydrogens (primary N) is 1. The van der Waals surface area contributed by atoms with Crippen molar-refractivity contribution in [2.75, 3.05) is 52.5 Å². The van der Waals surface area contributed by atoms with E-state index in [4.69, 9.17) is 25.1 Å². The van der Waals surface area contributed by atoms with Crippen LogP contribution >= 0.6 is 0 Å². The Hall–Kier alpha value is -3.60. The Labute approximate surface area is 245 Å². The molecule has 1 amide bonds. The summed E-state index contributed by atoms with van der Waals surface area (Å²) >= 11 is 0. The number of carbonyl (C=O) groups is 2. The van der Waals surface area contributed by atoms with Crippen LogP contribution in [0.5, 0.6) is 5.88 Å². The van der Waals surface area contributed by atoms with Gasteiger partial charge >= 0.3 is 12.1 Å². The fourth-order valence-corrected chi connectivity index (χ4v) is 6.00. The lowest BCUT2D eigenvalue weighted by molar-refractivity contribution is -0.192. The highest BCUT2D eigenvalue weighted by Gasteiger charge is 2.47. The minimum Gasteiger partial charge on any atom is -0.475 e. The number of amides is 1. The highest BCUT2D eigenvalue weighted by Crippen LogP contribution is 2.39. The predicted molar refractivity (Wildman–Crippen MR) is 145 cm³/mol. The molecule has 0 bridgehead atoms. The molecule has 2 saturated heterocycles. The lowest BCUT2D eigenvalue weighted by Crippen LogP contribution is -2.55. The van der Waals surface area contributed by atoms with Gasteiger partial charge in [-0.3, -0.25) is 4.79 Å². The van der Waals surface area contributed by atoms with Crippen molar-refractivity contribution < 1.29 is 50.1 Å². The van der Waals surface area contributed by atoms with Crippen LogP contribution < -0.4 is 10.5 Å². The number of carboxylic acids is 1. The maximum absolute atomic E-state index is 13.7. The number of ether oxygens (including phenoxy) is 2. The van der Waals surface area contributed by atoms with Crippen molar-refractivity contribution in [3.05, 3.63) is 66.1 Å². The molecule has 0 spiro atoms. The first-order valence-corrected chi connectivity index (χ1v) is 14.6. The summed E-state index contributed by atoms with van der Waals surface area (Å²) in [5.41, 5.74) is 5.78. The first-order chi connectivity index (χ1) is 20.3. The molecule has 11 nitrogen and oxygen atoms in total. The maximum atomic E-state index is 13.7. The zero-order valence-electron chi connectivity index (χ0n) is 23.0. The van der Waals surface area contributed by atoms with Crippen molar-refractivity contribution in [2.45, 2.75) is 29.3 Å². The largest absolute Gasteiger partial charge is 0.490 e. The summed E-state index contributed by atoms with van der Waals surface area (Å²) in [7, 11) is -3.82. The van der Waals surface area contributed by atoms with Crippen LogP contribution in [0.2, 0.25) is 0 Å². The van der Waals surface area contributed by atoms with Gasteiger partial charge in [0.2, 0.25) is 21.8 Å². The molecule has 0 atom stereocenters. The van der Waals surface area contributed by atoms with Gasteiger partial charge in [0.1, 0.15) is 11.5 Å². The summed E-state index contributed by atoms with van der Waals surface area (Å²) < 4.78 is 83.2. The number of pyridine rings is 1. The van der Waals surface area contributed by atoms with Gasteiger partial charge in [0, 0.05) is 44.4 Å². The zero-order valence-corrected chi connectivity index (χ0v) is 23.8. The summed E-state index contributed by atoms with van der Waals surface area (Å²) in [6, 6.07) is 12.4. The lowest BCUT2D eigenvalue weighted by Gasteiger charge is -2.43. The van der Waals surface area contributed by atoms with Crippen LogP contribution in [-0.4, -0.2) is 98.3 Å². The van der Waals surface area contributed by atoms with Gasteiger partial charge < -0.3 is 25.2 Å². The van der Waals surface area contributed by atoms with Gasteiger partial charge in [0.15, 0.2) is 0 Å². The summed E-state index contributed by atoms with van der Waals surface area (Å²) in [5.74, 6) is -2.57. The second-order valence-corrected chi connectivity index (χ2v) is 11.6. The average molecular weight is 633 g/mol. The number of benzene rings is 1. The number of halogens is 4. The number of carbonyl (C=O) groups excluding carboxylic acids is 1. The van der Waals surface area contributed by atoms with E-state index < -0.39 is 27.6 Å². The van der Waals surface area contributed by atoms with Crippen LogP contribution in [0.15, 0.2) is 65.5 Å². The fraction of sp³-hybridized carbons (Fsp3) is 0.444. The molecule has 1 aromatic carbocycles. The number of sulfonamides is 1. The molecular formula is C27H32F4N4O7S. The Bertz CT molecular complexity index is 1360. The van der Waals surface area contributed by atoms with E-state index in [1.165, 1.54) is 22.6 Å². The van der Waals surface area contributed by atoms with Crippen molar-refractivity contribution in [1.82, 2.24) is 14.2 Å². The second-order valence-electron chi connectivity index (χ2n) is 9.65. The SMILES string of the molecule is NC/C(=C\F)COc1ccc(S(=O)(=O)N2CCC(C(=O)N3CCOCC3)(c3ccccc3)CC2)cn1.O=C(O)C(F)(F)F. The van der Waals surface area contributed by atoms with Gasteiger partial charge in [-0.25, -0.2) is 22.6 Å². The van der Waals surface area contributed by atoms with Crippen molar-refractivity contribution >= 4 is 21.9 Å². The number of alkyl halides is 3. The zero-order chi connectivity index (χ0) is 31.7. The van der Waals surface area contributed by atoms with Crippen LogP contribution in [0.4, 0.5) is 17.6 Å². The third-order valence-corrected chi connectivity index (χ3v) is 8.90. The second kappa shape index (κ2) is 14.7. The molecule has 3 N–H and O–H groups in total. The quantitative estimate of drug-likeness (QED) is 0.418. The lowest BCUT2D eigenvalue weighted by atomic mass is 9.72. The topological polar surface area (TPSA) is 152 Å². The Morgan fingerprint density at radius 1 is 1.07 bits per heavy atom. The molecule has 16 heteroatoms. The van der Waals surface area contributed by atoms with E-state index in [0.29, 0.717) is 45.5 Å². The average Bonchev–Trinajstić information content (AvgIpc) is 3.02. The number of hydrogen-bond acceptors (Lipinski definition) is 8. The number of piperidine rings is 1. The normalized spacial score (nSPS) is 17.9. The summed E-state index contributed by atoms with van der Waals surface area (Å²) in [6.45, 7) is 2.41. The Morgan fingerprint density at radius 3 is 2.16 bits per heavy atom. The van der Waals surface area contributed by atoms with Crippen LogP contribution in [0.25, 0.3) is 0 Å². The minimum atomic E-state index is -5.08. The third kappa shape index (κ3) is 8.49. The van der Waals surface area contributed by atoms with Gasteiger partial charge in [0.05, 0.1) is 31.2 Å². The Balaban J connectivity index is 0.000000646. The van der Waals surface area contributed by atoms with Gasteiger partial charge in [-0.1, -0.05) is 30.3 Å². The smallest absolute Gasteiger partial charge is 0.475 e. The molecule has 0 aliphatic carbocycles. The monoisotopic (exact) mass is 632 g/mol. The number of rotatable bonds is 8. The molecule has 2 aliphatic heterocycles. The molecule has 3 heterocycles. The number of morpholine rings is 1. The summed E-state index contributed by atoms with van der Waals surface area (Å²) in [4.78, 5) is 28.5. The van der Waals surface area contributed by atoms with E-state index in [1.54, 1.807) is 0 Å². The van der Waals surface area contributed by atoms with Gasteiger partial charge in [0.25, 0.3) is 0 Å². The van der Waals surface area contributed by atoms with Crippen molar-refractivity contribution in [3.63, 3.8) is 0 Å². The highest BCUT2D eigenvalue weighted by molar-refractivity contribution is 7.89. The molecule has 0 saturated carbocycles. The number of aromatic nitrogens is 1. The maximum Gasteiger partial charge on any atom is 0.490 e. The van der Waals surface area contributed by atoms with E-state index in [2.05, 4.69) is 4.98 Å². The standard InChI is InChI=1S/C25H31FN4O5S.C2HF3O2/c26-16-20(17-27)19-35-23-7-6-22(18-28-23)36(32,33)30-10-8-25(9-11-30,21-4-2-1-3-5-21)24(31)29-12-14-34-15-13-29;3-2(4,5)1(6)7/h1-7,16,18H,8-15,17,19,27H2;(H,6,7)/b20-16+;. The Kier molecular flexibility index (Phi) is 11.6. The van der Waals surface area contributed by atoms with Gasteiger partial charge in [-0.15, -0.1) is 0 Å². The number of carboxylic acid groups (broad SMARTS) is 1. The molecule has 2 aromatic rings. The summed E-state index contributed by atoms with van der Waals surface area (Å²) in [5, 5.41) is 7.12. The number of hydrogen-bond donors (Lipinski definition) is 2. The minimum absolute atomic E-state index is 0.0104. The molecule has 1 aromatic heterocycles. The van der Waals surface area contributed by atoms with Crippen LogP contribution in [0, 0.1) is 0 Å². The number of nitrogens with zero attached hydrogens (tertiary/aromatic N) is 3. The van der Waals surface area contributed by atoms with Gasteiger partial charge in [-0.2, -0.15) is 17.5 Å². The molecule has 43 heavy (non-hydrogen) atoms. The fourth-order valence-electron chi connectivity index (χ4n) is 4.62. The Morgan fingerprint density at radius 2 is 1.67 bits per heavy atom. The third-order valence-electron chi connectivity index (χ3n) is 7.02. The van der Waals surface area contributed by atoms with E-state index in [9.17, 15) is 30.8 Å². The van der Waals surface area contributed by atoms with Gasteiger partial charge in [-0.05, 0) is 24.5 Å². The highest BCUT2D eigenvalue weighted by atomic mass is 32.2. The van der Waals surface area contributed by atoms with Crippen LogP contribution in [0.1, 0.15) is 18.4 Å². The molecule has 2 aliphatic rings. The molecule has 4 rings (SSSR count). The van der Waals surface area contributed by atoms with Crippen molar-refractivity contribution in [3.8, 4) is 5.88 Å². The van der Waals surface area contributed by atoms with E-state index in [1.807, 2.05) is 35.2 Å². The van der Waals surface area contributed by atoms with E-state index in [0.717, 1.165) is 5.56 Å².